The second-order valence-electron chi connectivity index (χ2n) is 7.00. The maximum Gasteiger partial charge on any atom is 0.317 e. The van der Waals surface area contributed by atoms with Gasteiger partial charge in [0.2, 0.25) is 5.91 Å². The lowest BCUT2D eigenvalue weighted by Crippen LogP contribution is -2.49. The fourth-order valence-corrected chi connectivity index (χ4v) is 2.25. The van der Waals surface area contributed by atoms with Crippen LogP contribution in [-0.4, -0.2) is 53.5 Å². The van der Waals surface area contributed by atoms with Crippen LogP contribution < -0.4 is 5.32 Å². The van der Waals surface area contributed by atoms with Crippen molar-refractivity contribution in [3.8, 4) is 0 Å². The van der Waals surface area contributed by atoms with Crippen molar-refractivity contribution in [3.05, 3.63) is 0 Å². The highest BCUT2D eigenvalue weighted by atomic mass is 16.2. The van der Waals surface area contributed by atoms with Gasteiger partial charge in [0.25, 0.3) is 0 Å². The van der Waals surface area contributed by atoms with E-state index in [1.54, 1.807) is 0 Å². The Balaban J connectivity index is 2.51. The highest BCUT2D eigenvalue weighted by Crippen LogP contribution is 2.10. The summed E-state index contributed by atoms with van der Waals surface area (Å²) in [5.41, 5.74) is -0.226. The normalized spacial score (nSPS) is 17.1. The van der Waals surface area contributed by atoms with Crippen LogP contribution in [-0.2, 0) is 4.79 Å². The molecule has 0 aromatic heterocycles. The summed E-state index contributed by atoms with van der Waals surface area (Å²) in [4.78, 5) is 27.9. The van der Waals surface area contributed by atoms with Gasteiger partial charge >= 0.3 is 6.03 Å². The van der Waals surface area contributed by atoms with Gasteiger partial charge in [-0.05, 0) is 33.1 Å². The van der Waals surface area contributed by atoms with E-state index in [4.69, 9.17) is 0 Å². The van der Waals surface area contributed by atoms with Crippen molar-refractivity contribution in [2.45, 2.75) is 53.0 Å². The summed E-state index contributed by atoms with van der Waals surface area (Å²) >= 11 is 0. The summed E-state index contributed by atoms with van der Waals surface area (Å²) in [5, 5.41) is 2.98. The Bertz CT molecular complexity index is 348. The van der Waals surface area contributed by atoms with Crippen molar-refractivity contribution in [3.63, 3.8) is 0 Å². The Labute approximate surface area is 122 Å². The van der Waals surface area contributed by atoms with Crippen molar-refractivity contribution in [1.29, 1.82) is 0 Å². The molecule has 1 N–H and O–H groups in total. The van der Waals surface area contributed by atoms with Gasteiger partial charge in [0.15, 0.2) is 0 Å². The molecule has 5 heteroatoms. The molecule has 1 fully saturated rings. The van der Waals surface area contributed by atoms with Crippen molar-refractivity contribution in [2.75, 3.05) is 26.2 Å². The predicted octanol–water partition coefficient (Wildman–Crippen LogP) is 2.07. The van der Waals surface area contributed by atoms with E-state index in [1.807, 2.05) is 30.6 Å². The van der Waals surface area contributed by atoms with Gasteiger partial charge in [0, 0.05) is 38.1 Å². The third-order valence-electron chi connectivity index (χ3n) is 3.20. The number of hydrogen-bond donors (Lipinski definition) is 1. The molecular formula is C15H29N3O2. The molecule has 0 unspecified atom stereocenters. The Morgan fingerprint density at radius 1 is 1.05 bits per heavy atom. The zero-order chi connectivity index (χ0) is 15.3. The summed E-state index contributed by atoms with van der Waals surface area (Å²) in [6, 6.07) is -0.0318. The SMILES string of the molecule is CC(C)CC(=O)N1CCCN(C(=O)NC(C)(C)C)CC1. The molecule has 0 atom stereocenters. The molecule has 0 aromatic rings. The number of nitrogens with one attached hydrogen (secondary N) is 1. The molecule has 0 bridgehead atoms. The average molecular weight is 283 g/mol. The molecule has 0 radical (unpaired) electrons. The van der Waals surface area contributed by atoms with E-state index in [2.05, 4.69) is 19.2 Å². The van der Waals surface area contributed by atoms with Gasteiger partial charge in [-0.2, -0.15) is 0 Å². The third kappa shape index (κ3) is 5.80. The Kier molecular flexibility index (Phi) is 5.84. The van der Waals surface area contributed by atoms with Gasteiger partial charge < -0.3 is 15.1 Å². The van der Waals surface area contributed by atoms with Gasteiger partial charge in [0.05, 0.1) is 0 Å². The second kappa shape index (κ2) is 6.95. The van der Waals surface area contributed by atoms with Crippen LogP contribution in [0.5, 0.6) is 0 Å². The van der Waals surface area contributed by atoms with Gasteiger partial charge in [-0.3, -0.25) is 4.79 Å². The zero-order valence-corrected chi connectivity index (χ0v) is 13.5. The Morgan fingerprint density at radius 3 is 2.15 bits per heavy atom. The first-order valence-electron chi connectivity index (χ1n) is 7.54. The van der Waals surface area contributed by atoms with E-state index in [1.165, 1.54) is 0 Å². The van der Waals surface area contributed by atoms with Gasteiger partial charge in [0.1, 0.15) is 0 Å². The van der Waals surface area contributed by atoms with Gasteiger partial charge in [-0.1, -0.05) is 13.8 Å². The molecule has 1 rings (SSSR count). The number of hydrogen-bond acceptors (Lipinski definition) is 2. The molecule has 0 saturated carbocycles. The number of carbonyl (C=O) groups is 2. The Morgan fingerprint density at radius 2 is 1.60 bits per heavy atom. The minimum atomic E-state index is -0.226. The van der Waals surface area contributed by atoms with E-state index in [0.717, 1.165) is 13.0 Å². The van der Waals surface area contributed by atoms with E-state index in [0.29, 0.717) is 32.0 Å². The summed E-state index contributed by atoms with van der Waals surface area (Å²) in [6.45, 7) is 12.8. The minimum absolute atomic E-state index is 0.0318. The highest BCUT2D eigenvalue weighted by Gasteiger charge is 2.24. The molecule has 3 amide bonds. The standard InChI is InChI=1S/C15H29N3O2/c1-12(2)11-13(19)17-7-6-8-18(10-9-17)14(20)16-15(3,4)5/h12H,6-11H2,1-5H3,(H,16,20). The quantitative estimate of drug-likeness (QED) is 0.843. The number of rotatable bonds is 2. The molecular weight excluding hydrogens is 254 g/mol. The minimum Gasteiger partial charge on any atom is -0.341 e. The molecule has 0 spiro atoms. The maximum absolute atomic E-state index is 12.1. The maximum atomic E-state index is 12.1. The number of urea groups is 1. The first-order chi connectivity index (χ1) is 9.19. The van der Waals surface area contributed by atoms with Crippen LogP contribution in [0.25, 0.3) is 0 Å². The van der Waals surface area contributed by atoms with Crippen LogP contribution in [0.4, 0.5) is 4.79 Å². The Hall–Kier alpha value is -1.26. The molecule has 0 aliphatic carbocycles. The highest BCUT2D eigenvalue weighted by molar-refractivity contribution is 5.77. The number of nitrogens with zero attached hydrogens (tertiary/aromatic N) is 2. The van der Waals surface area contributed by atoms with Crippen LogP contribution in [0, 0.1) is 5.92 Å². The average Bonchev–Trinajstić information content (AvgIpc) is 2.50. The fraction of sp³-hybridized carbons (Fsp3) is 0.867. The second-order valence-corrected chi connectivity index (χ2v) is 7.00. The van der Waals surface area contributed by atoms with Crippen LogP contribution in [0.2, 0.25) is 0 Å². The number of amides is 3. The van der Waals surface area contributed by atoms with Crippen LogP contribution in [0.1, 0.15) is 47.5 Å². The number of carbonyl (C=O) groups excluding carboxylic acids is 2. The van der Waals surface area contributed by atoms with Crippen LogP contribution in [0.15, 0.2) is 0 Å². The van der Waals surface area contributed by atoms with E-state index in [9.17, 15) is 9.59 Å². The first kappa shape index (κ1) is 16.8. The lowest BCUT2D eigenvalue weighted by molar-refractivity contribution is -0.131. The molecule has 20 heavy (non-hydrogen) atoms. The molecule has 1 aliphatic rings. The van der Waals surface area contributed by atoms with E-state index >= 15 is 0 Å². The smallest absolute Gasteiger partial charge is 0.317 e. The van der Waals surface area contributed by atoms with Gasteiger partial charge in [-0.15, -0.1) is 0 Å². The van der Waals surface area contributed by atoms with Crippen molar-refractivity contribution in [2.24, 2.45) is 5.92 Å². The van der Waals surface area contributed by atoms with Crippen molar-refractivity contribution >= 4 is 11.9 Å². The third-order valence-corrected chi connectivity index (χ3v) is 3.20. The largest absolute Gasteiger partial charge is 0.341 e. The summed E-state index contributed by atoms with van der Waals surface area (Å²) in [5.74, 6) is 0.587. The summed E-state index contributed by atoms with van der Waals surface area (Å²) < 4.78 is 0. The van der Waals surface area contributed by atoms with Gasteiger partial charge in [-0.25, -0.2) is 4.79 Å². The molecule has 5 nitrogen and oxygen atoms in total. The monoisotopic (exact) mass is 283 g/mol. The summed E-state index contributed by atoms with van der Waals surface area (Å²) in [6.07, 6.45) is 1.44. The van der Waals surface area contributed by atoms with Crippen molar-refractivity contribution in [1.82, 2.24) is 15.1 Å². The first-order valence-corrected chi connectivity index (χ1v) is 7.54. The van der Waals surface area contributed by atoms with E-state index < -0.39 is 0 Å². The van der Waals surface area contributed by atoms with Crippen LogP contribution >= 0.6 is 0 Å². The lowest BCUT2D eigenvalue weighted by atomic mass is 10.1. The topological polar surface area (TPSA) is 52.7 Å². The zero-order valence-electron chi connectivity index (χ0n) is 13.5. The molecule has 1 aliphatic heterocycles. The fourth-order valence-electron chi connectivity index (χ4n) is 2.25. The molecule has 1 heterocycles. The molecule has 116 valence electrons. The summed E-state index contributed by atoms with van der Waals surface area (Å²) in [7, 11) is 0. The predicted molar refractivity (Wildman–Crippen MR) is 80.5 cm³/mol. The molecule has 0 aromatic carbocycles. The van der Waals surface area contributed by atoms with E-state index in [-0.39, 0.29) is 17.5 Å². The van der Waals surface area contributed by atoms with Crippen LogP contribution in [0.3, 0.4) is 0 Å². The lowest BCUT2D eigenvalue weighted by Gasteiger charge is -2.27. The van der Waals surface area contributed by atoms with Crippen molar-refractivity contribution < 1.29 is 9.59 Å². The molecule has 1 saturated heterocycles.